The molecule has 1 aliphatic heterocycles. The fourth-order valence-corrected chi connectivity index (χ4v) is 15.3. The first kappa shape index (κ1) is 40.9. The third kappa shape index (κ3) is 7.59. The fourth-order valence-electron chi connectivity index (χ4n) is 15.3. The highest BCUT2D eigenvalue weighted by molar-refractivity contribution is 5.85. The van der Waals surface area contributed by atoms with E-state index in [0.29, 0.717) is 66.0 Å². The van der Waals surface area contributed by atoms with E-state index in [1.54, 1.807) is 0 Å². The molecule has 0 amide bonds. The maximum atomic E-state index is 11.8. The molecule has 0 unspecified atom stereocenters. The number of allylic oxidation sites excluding steroid dienone is 1. The van der Waals surface area contributed by atoms with Crippen LogP contribution in [0.25, 0.3) is 10.8 Å². The molecule has 324 valence electrons. The molecule has 1 spiro atoms. The number of nitrogens with one attached hydrogen (secondary N) is 1. The minimum atomic E-state index is -0.661. The highest BCUT2D eigenvalue weighted by atomic mass is 16.6. The number of aliphatic hydroxyl groups excluding tert-OH is 1. The lowest BCUT2D eigenvalue weighted by atomic mass is 9.46. The summed E-state index contributed by atoms with van der Waals surface area (Å²) in [7, 11) is 0. The topological polar surface area (TPSA) is 117 Å². The Morgan fingerprint density at radius 2 is 1.72 bits per heavy atom. The zero-order chi connectivity index (χ0) is 41.3. The Hall–Kier alpha value is -3.13. The lowest BCUT2D eigenvalue weighted by Gasteiger charge is -2.58. The van der Waals surface area contributed by atoms with Gasteiger partial charge in [-0.2, -0.15) is 0 Å². The summed E-state index contributed by atoms with van der Waals surface area (Å²) in [5.74, 6) is 5.09. The van der Waals surface area contributed by atoms with Crippen LogP contribution in [0.2, 0.25) is 0 Å². The second kappa shape index (κ2) is 15.9. The molecule has 6 aliphatic carbocycles. The molecular formula is C53H73N3O4. The van der Waals surface area contributed by atoms with Crippen LogP contribution in [-0.2, 0) is 11.2 Å². The maximum Gasteiger partial charge on any atom is 0.188 e. The summed E-state index contributed by atoms with van der Waals surface area (Å²) in [6.07, 6.45) is 23.8. The van der Waals surface area contributed by atoms with E-state index >= 15 is 0 Å². The largest absolute Gasteiger partial charge is 0.471 e. The van der Waals surface area contributed by atoms with Gasteiger partial charge in [0.2, 0.25) is 0 Å². The summed E-state index contributed by atoms with van der Waals surface area (Å²) in [6.45, 7) is 11.5. The number of nitrogens with two attached hydrogens (primary N) is 1. The standard InChI is InChI=1S/C53H73N3O4/c1-34-25-52(23-20-38(26-52)37-15-17-41-18-19-43(57)28-53(41,58)27-37)48-51(3,60-48)22-21-47-45(34)29-50(47,2)42-16-13-36(24-42)30-55-49(54)56-31-39(14-12-35-8-5-4-6-9-35)44-11-7-10-40-32-59-33-46(40)44/h4-11,32-33,36-39,41-43,45,47-48,57-58H,1,12-31H2,2-3H3,(H3,54,55,56)/t36-,37-,38-,39-,41+,42-,43-,45+,47-,48+,50+,51+,52+,53+/m0/s1. The molecule has 60 heavy (non-hydrogen) atoms. The second-order valence-corrected chi connectivity index (χ2v) is 22.2. The molecule has 2 heterocycles. The SMILES string of the molecule is C=C1C[C@@]2(CC[C@H]([C@H]3CC[C@@H]4CC[C@H](O)C[C@]4(O)C3)C2)[C@@H]2O[C@]2(C)CC[C@H]2[C@@H]1C[C@]2(C)[C@H]1CC[C@H](CNC(N)=NC[C@H](CCc2ccccc2)c2cccc3cocc23)C1. The summed E-state index contributed by atoms with van der Waals surface area (Å²) in [6, 6.07) is 17.2. The monoisotopic (exact) mass is 816 g/mol. The van der Waals surface area contributed by atoms with Crippen molar-refractivity contribution in [1.82, 2.24) is 5.32 Å². The van der Waals surface area contributed by atoms with Crippen LogP contribution < -0.4 is 11.1 Å². The molecule has 6 saturated carbocycles. The van der Waals surface area contributed by atoms with Gasteiger partial charge in [0.1, 0.15) is 0 Å². The molecule has 5 N–H and O–H groups in total. The molecule has 10 rings (SSSR count). The molecule has 0 bridgehead atoms. The van der Waals surface area contributed by atoms with Crippen LogP contribution >= 0.6 is 0 Å². The van der Waals surface area contributed by atoms with Crippen LogP contribution in [0.1, 0.15) is 140 Å². The quantitative estimate of drug-likeness (QED) is 0.0701. The molecule has 7 aliphatic rings. The number of nitrogens with zero attached hydrogens (tertiary/aromatic N) is 1. The van der Waals surface area contributed by atoms with Crippen LogP contribution in [0.3, 0.4) is 0 Å². The van der Waals surface area contributed by atoms with Crippen molar-refractivity contribution in [3.8, 4) is 0 Å². The Balaban J connectivity index is 0.751. The number of hydrogen-bond acceptors (Lipinski definition) is 5. The summed E-state index contributed by atoms with van der Waals surface area (Å²) < 4.78 is 12.5. The molecular weight excluding hydrogens is 743 g/mol. The van der Waals surface area contributed by atoms with Crippen LogP contribution in [0.4, 0.5) is 0 Å². The average Bonchev–Trinajstić information content (AvgIpc) is 3.69. The Kier molecular flexibility index (Phi) is 10.8. The molecule has 7 heteroatoms. The van der Waals surface area contributed by atoms with Crippen molar-refractivity contribution in [1.29, 1.82) is 0 Å². The van der Waals surface area contributed by atoms with Gasteiger partial charge < -0.3 is 30.4 Å². The lowest BCUT2D eigenvalue weighted by molar-refractivity contribution is -0.127. The van der Waals surface area contributed by atoms with Gasteiger partial charge in [-0.1, -0.05) is 67.6 Å². The number of guanidine groups is 1. The lowest BCUT2D eigenvalue weighted by Crippen LogP contribution is -2.51. The van der Waals surface area contributed by atoms with E-state index in [-0.39, 0.29) is 23.0 Å². The molecule has 1 saturated heterocycles. The summed E-state index contributed by atoms with van der Waals surface area (Å²) in [5.41, 5.74) is 10.7. The number of aryl methyl sites for hydroxylation is 1. The predicted molar refractivity (Wildman–Crippen MR) is 240 cm³/mol. The van der Waals surface area contributed by atoms with E-state index in [4.69, 9.17) is 26.5 Å². The van der Waals surface area contributed by atoms with Gasteiger partial charge in [-0.25, -0.2) is 0 Å². The summed E-state index contributed by atoms with van der Waals surface area (Å²) >= 11 is 0. The molecule has 2 aromatic carbocycles. The summed E-state index contributed by atoms with van der Waals surface area (Å²) in [5, 5.41) is 28.1. The van der Waals surface area contributed by atoms with Gasteiger partial charge in [0.15, 0.2) is 5.96 Å². The third-order valence-corrected chi connectivity index (χ3v) is 18.7. The van der Waals surface area contributed by atoms with Crippen molar-refractivity contribution < 1.29 is 19.4 Å². The molecule has 7 nitrogen and oxygen atoms in total. The maximum absolute atomic E-state index is 11.8. The van der Waals surface area contributed by atoms with E-state index in [2.05, 4.69) is 67.7 Å². The van der Waals surface area contributed by atoms with Crippen molar-refractivity contribution in [3.05, 3.63) is 84.3 Å². The normalized spacial score (nSPS) is 42.0. The van der Waals surface area contributed by atoms with E-state index < -0.39 is 5.60 Å². The first-order valence-corrected chi connectivity index (χ1v) is 24.2. The Labute approximate surface area is 359 Å². The molecule has 1 aromatic heterocycles. The van der Waals surface area contributed by atoms with Crippen molar-refractivity contribution >= 4 is 16.7 Å². The minimum Gasteiger partial charge on any atom is -0.471 e. The van der Waals surface area contributed by atoms with Gasteiger partial charge in [0, 0.05) is 41.6 Å². The van der Waals surface area contributed by atoms with Crippen LogP contribution in [0.5, 0.6) is 0 Å². The first-order chi connectivity index (χ1) is 28.9. The number of aliphatic imine (C=N–C) groups is 1. The molecule has 3 aromatic rings. The second-order valence-electron chi connectivity index (χ2n) is 22.2. The zero-order valence-electron chi connectivity index (χ0n) is 36.6. The predicted octanol–water partition coefficient (Wildman–Crippen LogP) is 10.5. The average molecular weight is 816 g/mol. The number of hydrogen-bond donors (Lipinski definition) is 4. The highest BCUT2D eigenvalue weighted by Gasteiger charge is 2.67. The number of aliphatic hydroxyl groups is 2. The van der Waals surface area contributed by atoms with Crippen LogP contribution in [-0.4, -0.2) is 52.7 Å². The zero-order valence-corrected chi connectivity index (χ0v) is 36.6. The van der Waals surface area contributed by atoms with Gasteiger partial charge in [-0.3, -0.25) is 4.99 Å². The van der Waals surface area contributed by atoms with Crippen molar-refractivity contribution in [3.63, 3.8) is 0 Å². The van der Waals surface area contributed by atoms with Crippen molar-refractivity contribution in [2.45, 2.75) is 159 Å². The van der Waals surface area contributed by atoms with E-state index in [9.17, 15) is 10.2 Å². The van der Waals surface area contributed by atoms with E-state index in [1.165, 1.54) is 86.3 Å². The highest BCUT2D eigenvalue weighted by Crippen LogP contribution is 2.69. The number of ether oxygens (including phenoxy) is 1. The number of furan rings is 1. The summed E-state index contributed by atoms with van der Waals surface area (Å²) in [4.78, 5) is 4.96. The van der Waals surface area contributed by atoms with Gasteiger partial charge in [0.25, 0.3) is 0 Å². The van der Waals surface area contributed by atoms with Gasteiger partial charge in [0.05, 0.1) is 35.9 Å². The fraction of sp³-hybridized carbons (Fsp3) is 0.679. The number of rotatable bonds is 10. The third-order valence-electron chi connectivity index (χ3n) is 18.7. The molecule has 7 fully saturated rings. The number of epoxide rings is 1. The number of benzene rings is 2. The Bertz CT molecular complexity index is 2050. The molecule has 14 atom stereocenters. The minimum absolute atomic E-state index is 0.00547. The van der Waals surface area contributed by atoms with Crippen LogP contribution in [0.15, 0.2) is 82.6 Å². The van der Waals surface area contributed by atoms with Crippen molar-refractivity contribution in [2.24, 2.45) is 63.0 Å². The van der Waals surface area contributed by atoms with E-state index in [0.717, 1.165) is 62.8 Å². The Morgan fingerprint density at radius 1 is 0.900 bits per heavy atom. The van der Waals surface area contributed by atoms with Crippen molar-refractivity contribution in [2.75, 3.05) is 13.1 Å². The van der Waals surface area contributed by atoms with Gasteiger partial charge in [-0.15, -0.1) is 0 Å². The van der Waals surface area contributed by atoms with Crippen LogP contribution in [0, 0.1) is 52.3 Å². The molecule has 0 radical (unpaired) electrons. The smallest absolute Gasteiger partial charge is 0.188 e. The Morgan fingerprint density at radius 3 is 2.58 bits per heavy atom. The van der Waals surface area contributed by atoms with E-state index in [1.807, 2.05) is 12.5 Å². The number of fused-ring (bicyclic) bond motifs is 5. The first-order valence-electron chi connectivity index (χ1n) is 24.2. The van der Waals surface area contributed by atoms with Gasteiger partial charge >= 0.3 is 0 Å². The van der Waals surface area contributed by atoms with Gasteiger partial charge in [-0.05, 0) is 174 Å².